The van der Waals surface area contributed by atoms with Gasteiger partial charge in [-0.1, -0.05) is 41.6 Å². The Morgan fingerprint density at radius 3 is 2.87 bits per heavy atom. The average Bonchev–Trinajstić information content (AvgIpc) is 2.88. The molecule has 0 spiro atoms. The fourth-order valence-electron chi connectivity index (χ4n) is 2.42. The average molecular weight is 353 g/mol. The molecule has 7 nitrogen and oxygen atoms in total. The molecule has 2 heterocycles. The van der Waals surface area contributed by atoms with E-state index in [1.807, 2.05) is 6.92 Å². The van der Waals surface area contributed by atoms with Crippen molar-refractivity contribution >= 4 is 35.8 Å². The molecule has 10 heteroatoms. The lowest BCUT2D eigenvalue weighted by Crippen LogP contribution is -2.45. The van der Waals surface area contributed by atoms with Gasteiger partial charge < -0.3 is 19.8 Å². The van der Waals surface area contributed by atoms with Crippen LogP contribution in [0.5, 0.6) is 5.75 Å². The lowest BCUT2D eigenvalue weighted by Gasteiger charge is -2.37. The van der Waals surface area contributed by atoms with E-state index < -0.39 is 12.7 Å². The second-order valence-electron chi connectivity index (χ2n) is 5.28. The van der Waals surface area contributed by atoms with Gasteiger partial charge in [-0.3, -0.25) is 0 Å². The Morgan fingerprint density at radius 1 is 1.43 bits per heavy atom. The Kier molecular flexibility index (Phi) is 4.32. The van der Waals surface area contributed by atoms with Crippen molar-refractivity contribution in [2.75, 3.05) is 0 Å². The second kappa shape index (κ2) is 6.12. The summed E-state index contributed by atoms with van der Waals surface area (Å²) in [6.07, 6.45) is 0.426. The van der Waals surface area contributed by atoms with Crippen LogP contribution in [0.3, 0.4) is 0 Å². The van der Waals surface area contributed by atoms with Crippen LogP contribution in [0.15, 0.2) is 16.5 Å². The molecule has 2 aromatic rings. The fourth-order valence-corrected chi connectivity index (χ4v) is 4.23. The van der Waals surface area contributed by atoms with Gasteiger partial charge in [0, 0.05) is 5.75 Å². The maximum Gasteiger partial charge on any atom is 0.430 e. The minimum Gasteiger partial charge on any atom is -0.669 e. The number of hydrogen-bond acceptors (Lipinski definition) is 8. The van der Waals surface area contributed by atoms with Crippen LogP contribution in [-0.2, 0) is 12.2 Å². The summed E-state index contributed by atoms with van der Waals surface area (Å²) >= 11 is 2.82. The second-order valence-corrected chi connectivity index (χ2v) is 7.69. The molecule has 0 fully saturated rings. The van der Waals surface area contributed by atoms with Crippen LogP contribution in [0.4, 0.5) is 0 Å². The number of carboxylic acids is 1. The van der Waals surface area contributed by atoms with Gasteiger partial charge in [0.2, 0.25) is 0 Å². The number of aromatic carboxylic acids is 1. The topological polar surface area (TPSA) is 113 Å². The molecule has 1 aromatic carbocycles. The fraction of sp³-hybridized carbons (Fsp3) is 0.308. The standard InChI is InChI=1S/C13H14BN2O5S2/c1-7-15-16-13(23-7)22-6-9-3-2-8-4-5-14(19,20)21-11(8)10(9)12(17)18/h2-3,19-20H,4-6H2,1H3,(H,17,18)/q-1. The van der Waals surface area contributed by atoms with Crippen LogP contribution in [0, 0.1) is 6.92 Å². The molecule has 1 aromatic heterocycles. The highest BCUT2D eigenvalue weighted by Crippen LogP contribution is 2.37. The number of nitrogens with zero attached hydrogens (tertiary/aromatic N) is 2. The van der Waals surface area contributed by atoms with Gasteiger partial charge in [-0.05, 0) is 24.5 Å². The van der Waals surface area contributed by atoms with Gasteiger partial charge in [-0.25, -0.2) is 4.79 Å². The summed E-state index contributed by atoms with van der Waals surface area (Å²) < 4.78 is 5.92. The van der Waals surface area contributed by atoms with Crippen molar-refractivity contribution < 1.29 is 24.6 Å². The number of carboxylic acid groups (broad SMARTS) is 1. The molecule has 0 atom stereocenters. The molecule has 0 saturated heterocycles. The number of hydrogen-bond donors (Lipinski definition) is 3. The van der Waals surface area contributed by atoms with Gasteiger partial charge in [0.1, 0.15) is 10.6 Å². The lowest BCUT2D eigenvalue weighted by atomic mass is 9.70. The molecule has 0 radical (unpaired) electrons. The van der Waals surface area contributed by atoms with Crippen molar-refractivity contribution in [1.82, 2.24) is 10.2 Å². The Bertz CT molecular complexity index is 765. The minimum atomic E-state index is -3.00. The van der Waals surface area contributed by atoms with E-state index in [9.17, 15) is 19.9 Å². The molecule has 0 saturated carbocycles. The Morgan fingerprint density at radius 2 is 2.22 bits per heavy atom. The highest BCUT2D eigenvalue weighted by molar-refractivity contribution is 8.00. The number of carbonyl (C=O) groups is 1. The zero-order valence-electron chi connectivity index (χ0n) is 12.2. The highest BCUT2D eigenvalue weighted by atomic mass is 32.2. The van der Waals surface area contributed by atoms with E-state index in [0.717, 1.165) is 9.35 Å². The first-order valence-electron chi connectivity index (χ1n) is 6.96. The maximum atomic E-state index is 11.6. The normalized spacial score (nSPS) is 15.8. The first-order valence-corrected chi connectivity index (χ1v) is 8.76. The van der Waals surface area contributed by atoms with Gasteiger partial charge in [0.15, 0.2) is 4.34 Å². The summed E-state index contributed by atoms with van der Waals surface area (Å²) in [6, 6.07) is 3.51. The van der Waals surface area contributed by atoms with Crippen LogP contribution in [0.2, 0.25) is 6.32 Å². The van der Waals surface area contributed by atoms with Crippen LogP contribution in [-0.4, -0.2) is 38.1 Å². The molecular formula is C13H14BN2O5S2-. The molecule has 0 bridgehead atoms. The maximum absolute atomic E-state index is 11.6. The molecule has 1 aliphatic rings. The third-order valence-electron chi connectivity index (χ3n) is 3.49. The molecule has 23 heavy (non-hydrogen) atoms. The third kappa shape index (κ3) is 3.50. The monoisotopic (exact) mass is 353 g/mol. The summed E-state index contributed by atoms with van der Waals surface area (Å²) in [7, 11) is 0. The zero-order chi connectivity index (χ0) is 16.6. The van der Waals surface area contributed by atoms with E-state index in [-0.39, 0.29) is 17.6 Å². The summed E-state index contributed by atoms with van der Waals surface area (Å²) in [4.78, 5) is 11.6. The van der Waals surface area contributed by atoms with Crippen molar-refractivity contribution in [3.8, 4) is 5.75 Å². The van der Waals surface area contributed by atoms with E-state index in [1.165, 1.54) is 23.1 Å². The molecule has 3 rings (SSSR count). The SMILES string of the molecule is Cc1nnc(SCc2ccc3c(c2C(=O)O)O[B-](O)(O)CC3)s1. The number of aryl methyl sites for hydroxylation is 2. The number of rotatable bonds is 4. The molecule has 0 unspecified atom stereocenters. The van der Waals surface area contributed by atoms with Gasteiger partial charge in [-0.15, -0.1) is 10.2 Å². The van der Waals surface area contributed by atoms with Crippen LogP contribution in [0.25, 0.3) is 0 Å². The van der Waals surface area contributed by atoms with E-state index >= 15 is 0 Å². The quantitative estimate of drug-likeness (QED) is 0.562. The predicted molar refractivity (Wildman–Crippen MR) is 86.9 cm³/mol. The summed E-state index contributed by atoms with van der Waals surface area (Å²) in [5, 5.41) is 37.7. The molecule has 122 valence electrons. The number of benzene rings is 1. The van der Waals surface area contributed by atoms with Crippen LogP contribution in [0.1, 0.15) is 26.5 Å². The van der Waals surface area contributed by atoms with Gasteiger partial charge in [-0.2, -0.15) is 0 Å². The van der Waals surface area contributed by atoms with Crippen molar-refractivity contribution in [2.24, 2.45) is 0 Å². The molecule has 1 aliphatic heterocycles. The van der Waals surface area contributed by atoms with Gasteiger partial charge >= 0.3 is 12.7 Å². The zero-order valence-corrected chi connectivity index (χ0v) is 13.9. The van der Waals surface area contributed by atoms with Crippen molar-refractivity contribution in [2.45, 2.75) is 29.8 Å². The van der Waals surface area contributed by atoms with E-state index in [2.05, 4.69) is 10.2 Å². The largest absolute Gasteiger partial charge is 0.669 e. The Balaban J connectivity index is 1.92. The molecule has 0 aliphatic carbocycles. The summed E-state index contributed by atoms with van der Waals surface area (Å²) in [5.41, 5.74) is 1.19. The number of fused-ring (bicyclic) bond motifs is 1. The van der Waals surface area contributed by atoms with E-state index in [1.54, 1.807) is 12.1 Å². The van der Waals surface area contributed by atoms with Gasteiger partial charge in [0.25, 0.3) is 0 Å². The van der Waals surface area contributed by atoms with Crippen molar-refractivity contribution in [3.05, 3.63) is 33.8 Å². The third-order valence-corrected chi connectivity index (χ3v) is 5.52. The number of aromatic nitrogens is 2. The van der Waals surface area contributed by atoms with Crippen molar-refractivity contribution in [3.63, 3.8) is 0 Å². The molecular weight excluding hydrogens is 339 g/mol. The van der Waals surface area contributed by atoms with Crippen LogP contribution < -0.4 is 4.65 Å². The number of thioether (sulfide) groups is 1. The molecule has 0 amide bonds. The minimum absolute atomic E-state index is 0.0229. The summed E-state index contributed by atoms with van der Waals surface area (Å²) in [5.74, 6) is -0.719. The van der Waals surface area contributed by atoms with E-state index in [0.29, 0.717) is 23.3 Å². The summed E-state index contributed by atoms with van der Waals surface area (Å²) in [6.45, 7) is -1.15. The van der Waals surface area contributed by atoms with E-state index in [4.69, 9.17) is 4.65 Å². The van der Waals surface area contributed by atoms with Gasteiger partial charge in [0.05, 0.1) is 5.75 Å². The smallest absolute Gasteiger partial charge is 0.430 e. The lowest BCUT2D eigenvalue weighted by molar-refractivity contribution is 0.0692. The van der Waals surface area contributed by atoms with Crippen molar-refractivity contribution in [1.29, 1.82) is 0 Å². The Hall–Kier alpha value is -1.62. The first-order chi connectivity index (χ1) is 10.9. The highest BCUT2D eigenvalue weighted by Gasteiger charge is 2.32. The van der Waals surface area contributed by atoms with Crippen LogP contribution >= 0.6 is 23.1 Å². The first kappa shape index (κ1) is 16.3. The Labute approximate surface area is 140 Å². The molecule has 3 N–H and O–H groups in total. The predicted octanol–water partition coefficient (Wildman–Crippen LogP) is 1.70.